The number of carbonyl (C=O) groups is 1. The van der Waals surface area contributed by atoms with Crippen molar-refractivity contribution >= 4 is 17.3 Å². The van der Waals surface area contributed by atoms with Gasteiger partial charge in [0.05, 0.1) is 11.5 Å². The first-order chi connectivity index (χ1) is 9.61. The van der Waals surface area contributed by atoms with E-state index < -0.39 is 10.8 Å². The minimum Gasteiger partial charge on any atom is -0.381 e. The van der Waals surface area contributed by atoms with E-state index in [0.717, 1.165) is 6.42 Å². The lowest BCUT2D eigenvalue weighted by molar-refractivity contribution is -0.385. The fourth-order valence-corrected chi connectivity index (χ4v) is 2.04. The third-order valence-corrected chi connectivity index (χ3v) is 3.18. The summed E-state index contributed by atoms with van der Waals surface area (Å²) in [6.45, 7) is 1.73. The van der Waals surface area contributed by atoms with Crippen molar-refractivity contribution in [2.24, 2.45) is 11.8 Å². The molecule has 8 heteroatoms. The highest BCUT2D eigenvalue weighted by molar-refractivity contribution is 5.99. The molecule has 0 bridgehead atoms. The molecule has 0 aliphatic carbocycles. The highest BCUT2D eigenvalue weighted by atomic mass is 16.6. The Hall–Kier alpha value is -2.19. The van der Waals surface area contributed by atoms with E-state index in [9.17, 15) is 14.9 Å². The number of nitro benzene ring substituents is 1. The third-order valence-electron chi connectivity index (χ3n) is 3.18. The zero-order chi connectivity index (χ0) is 14.5. The molecule has 0 saturated carbocycles. The predicted octanol–water partition coefficient (Wildman–Crippen LogP) is 0.647. The standard InChI is InChI=1S/C12H16N4O4/c13-15-9-1-2-11(16(18)19)10(5-9)12(17)14-6-8-3-4-20-7-8/h1-2,5,8,15H,3-4,6-7,13H2,(H,14,17). The summed E-state index contributed by atoms with van der Waals surface area (Å²) in [5, 5.41) is 13.6. The van der Waals surface area contributed by atoms with Gasteiger partial charge in [-0.3, -0.25) is 20.8 Å². The number of nitrogens with one attached hydrogen (secondary N) is 2. The van der Waals surface area contributed by atoms with Gasteiger partial charge in [0.25, 0.3) is 11.6 Å². The van der Waals surface area contributed by atoms with Crippen LogP contribution in [0.25, 0.3) is 0 Å². The van der Waals surface area contributed by atoms with Crippen molar-refractivity contribution in [3.63, 3.8) is 0 Å². The number of nitrogen functional groups attached to an aromatic ring is 1. The van der Waals surface area contributed by atoms with Gasteiger partial charge in [0.2, 0.25) is 0 Å². The number of ether oxygens (including phenoxy) is 1. The van der Waals surface area contributed by atoms with E-state index in [1.165, 1.54) is 18.2 Å². The van der Waals surface area contributed by atoms with Gasteiger partial charge in [-0.25, -0.2) is 0 Å². The molecule has 20 heavy (non-hydrogen) atoms. The van der Waals surface area contributed by atoms with Crippen molar-refractivity contribution in [3.05, 3.63) is 33.9 Å². The van der Waals surface area contributed by atoms with Crippen LogP contribution in [0.4, 0.5) is 11.4 Å². The molecule has 0 spiro atoms. The first kappa shape index (κ1) is 14.2. The summed E-state index contributed by atoms with van der Waals surface area (Å²) in [5.74, 6) is 5.02. The van der Waals surface area contributed by atoms with Gasteiger partial charge in [-0.15, -0.1) is 0 Å². The summed E-state index contributed by atoms with van der Waals surface area (Å²) in [6.07, 6.45) is 0.882. The van der Waals surface area contributed by atoms with Gasteiger partial charge in [0.1, 0.15) is 5.56 Å². The van der Waals surface area contributed by atoms with Crippen LogP contribution in [0.5, 0.6) is 0 Å². The Morgan fingerprint density at radius 2 is 2.35 bits per heavy atom. The van der Waals surface area contributed by atoms with Gasteiger partial charge in [-0.1, -0.05) is 0 Å². The number of anilines is 1. The summed E-state index contributed by atoms with van der Waals surface area (Å²) in [6, 6.07) is 4.06. The monoisotopic (exact) mass is 280 g/mol. The zero-order valence-electron chi connectivity index (χ0n) is 10.8. The normalized spacial score (nSPS) is 17.8. The van der Waals surface area contributed by atoms with E-state index in [1.54, 1.807) is 0 Å². The summed E-state index contributed by atoms with van der Waals surface area (Å²) in [4.78, 5) is 22.4. The molecule has 1 aromatic carbocycles. The molecule has 1 fully saturated rings. The molecule has 1 saturated heterocycles. The molecule has 1 atom stereocenters. The Morgan fingerprint density at radius 3 is 2.95 bits per heavy atom. The molecule has 1 aliphatic heterocycles. The quantitative estimate of drug-likeness (QED) is 0.414. The van der Waals surface area contributed by atoms with Crippen LogP contribution in [0, 0.1) is 16.0 Å². The number of nitro groups is 1. The van der Waals surface area contributed by atoms with Crippen molar-refractivity contribution < 1.29 is 14.5 Å². The maximum atomic E-state index is 12.1. The molecule has 1 aliphatic rings. The highest BCUT2D eigenvalue weighted by Crippen LogP contribution is 2.22. The van der Waals surface area contributed by atoms with Gasteiger partial charge < -0.3 is 15.5 Å². The van der Waals surface area contributed by atoms with Crippen LogP contribution < -0.4 is 16.6 Å². The molecule has 2 rings (SSSR count). The van der Waals surface area contributed by atoms with E-state index >= 15 is 0 Å². The van der Waals surface area contributed by atoms with Crippen molar-refractivity contribution in [2.75, 3.05) is 25.2 Å². The smallest absolute Gasteiger partial charge is 0.282 e. The van der Waals surface area contributed by atoms with Crippen LogP contribution in [0.3, 0.4) is 0 Å². The first-order valence-corrected chi connectivity index (χ1v) is 6.23. The highest BCUT2D eigenvalue weighted by Gasteiger charge is 2.22. The topological polar surface area (TPSA) is 120 Å². The van der Waals surface area contributed by atoms with E-state index in [0.29, 0.717) is 25.4 Å². The Bertz CT molecular complexity index is 514. The van der Waals surface area contributed by atoms with Crippen molar-refractivity contribution in [1.29, 1.82) is 0 Å². The lowest BCUT2D eigenvalue weighted by Gasteiger charge is -2.10. The molecule has 0 aromatic heterocycles. The van der Waals surface area contributed by atoms with Crippen LogP contribution >= 0.6 is 0 Å². The second-order valence-corrected chi connectivity index (χ2v) is 4.57. The largest absolute Gasteiger partial charge is 0.381 e. The van der Waals surface area contributed by atoms with Crippen molar-refractivity contribution in [3.8, 4) is 0 Å². The van der Waals surface area contributed by atoms with Crippen LogP contribution in [0.2, 0.25) is 0 Å². The van der Waals surface area contributed by atoms with Crippen molar-refractivity contribution in [2.45, 2.75) is 6.42 Å². The van der Waals surface area contributed by atoms with Gasteiger partial charge in [0, 0.05) is 30.8 Å². The fourth-order valence-electron chi connectivity index (χ4n) is 2.04. The lowest BCUT2D eigenvalue weighted by Crippen LogP contribution is -2.30. The van der Waals surface area contributed by atoms with Crippen LogP contribution in [-0.2, 0) is 4.74 Å². The fraction of sp³-hybridized carbons (Fsp3) is 0.417. The van der Waals surface area contributed by atoms with E-state index in [4.69, 9.17) is 10.6 Å². The minimum atomic E-state index is -0.589. The Kier molecular flexibility index (Phi) is 4.49. The maximum Gasteiger partial charge on any atom is 0.282 e. The summed E-state index contributed by atoms with van der Waals surface area (Å²) in [7, 11) is 0. The number of carbonyl (C=O) groups excluding carboxylic acids is 1. The van der Waals surface area contributed by atoms with Gasteiger partial charge in [-0.2, -0.15) is 0 Å². The van der Waals surface area contributed by atoms with E-state index in [1.807, 2.05) is 0 Å². The van der Waals surface area contributed by atoms with Crippen LogP contribution in [0.1, 0.15) is 16.8 Å². The maximum absolute atomic E-state index is 12.1. The number of nitrogens with two attached hydrogens (primary N) is 1. The molecule has 1 heterocycles. The van der Waals surface area contributed by atoms with Crippen LogP contribution in [-0.4, -0.2) is 30.6 Å². The molecule has 1 amide bonds. The number of hydrogen-bond donors (Lipinski definition) is 3. The Labute approximate surface area is 115 Å². The average molecular weight is 280 g/mol. The Morgan fingerprint density at radius 1 is 1.55 bits per heavy atom. The molecular formula is C12H16N4O4. The number of rotatable bonds is 5. The Balaban J connectivity index is 2.11. The molecule has 1 aromatic rings. The second-order valence-electron chi connectivity index (χ2n) is 4.57. The van der Waals surface area contributed by atoms with Gasteiger partial charge in [0.15, 0.2) is 0 Å². The number of amides is 1. The molecular weight excluding hydrogens is 264 g/mol. The number of hydrogen-bond acceptors (Lipinski definition) is 6. The molecule has 0 radical (unpaired) electrons. The second kappa shape index (κ2) is 6.31. The van der Waals surface area contributed by atoms with E-state index in [-0.39, 0.29) is 17.2 Å². The van der Waals surface area contributed by atoms with Gasteiger partial charge in [-0.05, 0) is 18.6 Å². The summed E-state index contributed by atoms with van der Waals surface area (Å²) >= 11 is 0. The number of benzene rings is 1. The molecule has 1 unspecified atom stereocenters. The first-order valence-electron chi connectivity index (χ1n) is 6.23. The number of hydrazine groups is 1. The zero-order valence-corrected chi connectivity index (χ0v) is 10.8. The van der Waals surface area contributed by atoms with Crippen LogP contribution in [0.15, 0.2) is 18.2 Å². The SMILES string of the molecule is NNc1ccc([N+](=O)[O-])c(C(=O)NCC2CCOC2)c1. The van der Waals surface area contributed by atoms with Crippen molar-refractivity contribution in [1.82, 2.24) is 5.32 Å². The van der Waals surface area contributed by atoms with E-state index in [2.05, 4.69) is 10.7 Å². The van der Waals surface area contributed by atoms with Gasteiger partial charge >= 0.3 is 0 Å². The predicted molar refractivity (Wildman–Crippen MR) is 72.2 cm³/mol. The summed E-state index contributed by atoms with van der Waals surface area (Å²) in [5.41, 5.74) is 2.54. The molecule has 4 N–H and O–H groups in total. The molecule has 108 valence electrons. The average Bonchev–Trinajstić information content (AvgIpc) is 2.97. The number of nitrogens with zero attached hydrogens (tertiary/aromatic N) is 1. The third kappa shape index (κ3) is 3.22. The molecule has 8 nitrogen and oxygen atoms in total. The lowest BCUT2D eigenvalue weighted by atomic mass is 10.1. The minimum absolute atomic E-state index is 0.00985. The summed E-state index contributed by atoms with van der Waals surface area (Å²) < 4.78 is 5.21.